The topological polar surface area (TPSA) is 29.1 Å². The maximum Gasteiger partial charge on any atom is 0.251 e. The minimum absolute atomic E-state index is 0. The van der Waals surface area contributed by atoms with Gasteiger partial charge in [-0.15, -0.1) is 0 Å². The Bertz CT molecular complexity index is 648. The lowest BCUT2D eigenvalue weighted by Crippen LogP contribution is -3.00. The fraction of sp³-hybridized carbons (Fsp3) is 0.409. The molecule has 0 aliphatic heterocycles. The van der Waals surface area contributed by atoms with Gasteiger partial charge in [0.05, 0.1) is 34.2 Å². The van der Waals surface area contributed by atoms with Crippen molar-refractivity contribution in [2.24, 2.45) is 0 Å². The van der Waals surface area contributed by atoms with E-state index in [4.69, 9.17) is 0 Å². The monoisotopic (exact) mass is 466 g/mol. The minimum Gasteiger partial charge on any atom is -1.00 e. The Hall–Kier alpha value is -1.40. The van der Waals surface area contributed by atoms with Gasteiger partial charge in [-0.2, -0.15) is 0 Å². The molecule has 1 amide bonds. The number of hydrogen-bond donors (Lipinski definition) is 1. The van der Waals surface area contributed by atoms with Crippen LogP contribution in [0.25, 0.3) is 0 Å². The summed E-state index contributed by atoms with van der Waals surface area (Å²) in [7, 11) is 6.37. The zero-order chi connectivity index (χ0) is 18.1. The van der Waals surface area contributed by atoms with E-state index in [0.717, 1.165) is 29.4 Å². The molecule has 0 fully saturated rings. The minimum atomic E-state index is 0. The number of quaternary nitrogens is 1. The standard InChI is InChI=1S/C22H30N2O.HI/c1-24(2,3)18-17-23-22(25)21-15-13-20(14-16-21)12-8-7-11-19-9-5-4-6-10-19;/h4-6,9-10,13-16H,7-8,11-12,17-18H2,1-3H3;1H. The third-order valence-corrected chi connectivity index (χ3v) is 4.31. The lowest BCUT2D eigenvalue weighted by molar-refractivity contribution is -0.869. The summed E-state index contributed by atoms with van der Waals surface area (Å²) in [6.07, 6.45) is 4.56. The number of nitrogens with zero attached hydrogens (tertiary/aromatic N) is 1. The van der Waals surface area contributed by atoms with Crippen molar-refractivity contribution in [2.75, 3.05) is 34.2 Å². The van der Waals surface area contributed by atoms with E-state index in [9.17, 15) is 4.79 Å². The molecule has 0 aliphatic rings. The Morgan fingerprint density at radius 3 is 1.92 bits per heavy atom. The first-order chi connectivity index (χ1) is 11.9. The lowest BCUT2D eigenvalue weighted by atomic mass is 10.0. The second-order valence-electron chi connectivity index (χ2n) is 7.66. The van der Waals surface area contributed by atoms with Gasteiger partial charge in [0.2, 0.25) is 0 Å². The lowest BCUT2D eigenvalue weighted by Gasteiger charge is -2.23. The first-order valence-electron chi connectivity index (χ1n) is 9.15. The van der Waals surface area contributed by atoms with Gasteiger partial charge in [-0.25, -0.2) is 0 Å². The molecule has 2 aromatic rings. The second kappa shape index (κ2) is 11.3. The first kappa shape index (κ1) is 22.6. The summed E-state index contributed by atoms with van der Waals surface area (Å²) >= 11 is 0. The Morgan fingerprint density at radius 1 is 0.846 bits per heavy atom. The summed E-state index contributed by atoms with van der Waals surface area (Å²) in [6.45, 7) is 1.62. The van der Waals surface area contributed by atoms with Crippen LogP contribution in [-0.4, -0.2) is 44.6 Å². The van der Waals surface area contributed by atoms with Crippen LogP contribution in [0.1, 0.15) is 34.3 Å². The smallest absolute Gasteiger partial charge is 0.251 e. The van der Waals surface area contributed by atoms with Crippen molar-refractivity contribution in [1.82, 2.24) is 5.32 Å². The van der Waals surface area contributed by atoms with Crippen LogP contribution in [0.4, 0.5) is 0 Å². The predicted octanol–water partition coefficient (Wildman–Crippen LogP) is 0.692. The highest BCUT2D eigenvalue weighted by Crippen LogP contribution is 2.10. The van der Waals surface area contributed by atoms with Gasteiger partial charge in [-0.1, -0.05) is 42.5 Å². The molecule has 0 heterocycles. The number of carbonyl (C=O) groups excluding carboxylic acids is 1. The number of hydrogen-bond acceptors (Lipinski definition) is 1. The van der Waals surface area contributed by atoms with Gasteiger partial charge in [0.25, 0.3) is 5.91 Å². The third-order valence-electron chi connectivity index (χ3n) is 4.31. The summed E-state index contributed by atoms with van der Waals surface area (Å²) in [6, 6.07) is 18.7. The molecule has 2 aromatic carbocycles. The Labute approximate surface area is 175 Å². The molecule has 26 heavy (non-hydrogen) atoms. The van der Waals surface area contributed by atoms with E-state index in [2.05, 4.69) is 68.9 Å². The van der Waals surface area contributed by atoms with Crippen molar-refractivity contribution in [3.63, 3.8) is 0 Å². The molecule has 2 rings (SSSR count). The second-order valence-corrected chi connectivity index (χ2v) is 7.66. The highest BCUT2D eigenvalue weighted by Gasteiger charge is 2.09. The number of benzene rings is 2. The van der Waals surface area contributed by atoms with Crippen molar-refractivity contribution in [2.45, 2.75) is 25.7 Å². The number of nitrogens with one attached hydrogen (secondary N) is 1. The van der Waals surface area contributed by atoms with E-state index >= 15 is 0 Å². The van der Waals surface area contributed by atoms with Crippen LogP contribution in [0.15, 0.2) is 54.6 Å². The Morgan fingerprint density at radius 2 is 1.38 bits per heavy atom. The molecule has 0 bridgehead atoms. The Kier molecular flexibility index (Phi) is 9.88. The fourth-order valence-corrected chi connectivity index (χ4v) is 2.73. The summed E-state index contributed by atoms with van der Waals surface area (Å²) in [5, 5.41) is 2.99. The summed E-state index contributed by atoms with van der Waals surface area (Å²) < 4.78 is 0.849. The Balaban J connectivity index is 0.00000338. The molecule has 0 saturated carbocycles. The summed E-state index contributed by atoms with van der Waals surface area (Å²) in [4.78, 5) is 12.1. The molecule has 0 aromatic heterocycles. The SMILES string of the molecule is C[N+](C)(C)CCNC(=O)c1ccc(CCCCc2ccccc2)cc1.[I-]. The van der Waals surface area contributed by atoms with Gasteiger partial charge < -0.3 is 33.8 Å². The quantitative estimate of drug-likeness (QED) is 0.329. The van der Waals surface area contributed by atoms with Crippen LogP contribution in [0, 0.1) is 0 Å². The van der Waals surface area contributed by atoms with E-state index in [-0.39, 0.29) is 29.9 Å². The largest absolute Gasteiger partial charge is 1.00 e. The van der Waals surface area contributed by atoms with Crippen molar-refractivity contribution in [3.8, 4) is 0 Å². The van der Waals surface area contributed by atoms with Crippen molar-refractivity contribution < 1.29 is 33.3 Å². The van der Waals surface area contributed by atoms with Crippen LogP contribution >= 0.6 is 0 Å². The molecule has 3 nitrogen and oxygen atoms in total. The van der Waals surface area contributed by atoms with Crippen LogP contribution < -0.4 is 29.3 Å². The average Bonchev–Trinajstić information content (AvgIpc) is 2.59. The van der Waals surface area contributed by atoms with Crippen LogP contribution in [0.2, 0.25) is 0 Å². The highest BCUT2D eigenvalue weighted by atomic mass is 127. The third kappa shape index (κ3) is 8.81. The number of rotatable bonds is 9. The summed E-state index contributed by atoms with van der Waals surface area (Å²) in [5.74, 6) is 0.0177. The highest BCUT2D eigenvalue weighted by molar-refractivity contribution is 5.94. The van der Waals surface area contributed by atoms with E-state index in [0.29, 0.717) is 6.54 Å². The molecule has 0 aliphatic carbocycles. The van der Waals surface area contributed by atoms with Crippen LogP contribution in [-0.2, 0) is 12.8 Å². The van der Waals surface area contributed by atoms with Crippen molar-refractivity contribution in [1.29, 1.82) is 0 Å². The van der Waals surface area contributed by atoms with Gasteiger partial charge in [0, 0.05) is 5.56 Å². The molecule has 0 atom stereocenters. The number of carbonyl (C=O) groups is 1. The van der Waals surface area contributed by atoms with Gasteiger partial charge in [-0.3, -0.25) is 4.79 Å². The molecule has 0 saturated heterocycles. The van der Waals surface area contributed by atoms with E-state index in [1.165, 1.54) is 24.0 Å². The zero-order valence-electron chi connectivity index (χ0n) is 16.2. The maximum absolute atomic E-state index is 12.1. The fourth-order valence-electron chi connectivity index (χ4n) is 2.73. The number of unbranched alkanes of at least 4 members (excludes halogenated alkanes) is 1. The normalized spacial score (nSPS) is 10.9. The zero-order valence-corrected chi connectivity index (χ0v) is 18.3. The molecule has 4 heteroatoms. The molecular formula is C22H31IN2O. The number of aryl methyl sites for hydroxylation is 2. The van der Waals surface area contributed by atoms with Crippen molar-refractivity contribution in [3.05, 3.63) is 71.3 Å². The molecule has 1 N–H and O–H groups in total. The molecule has 0 unspecified atom stereocenters. The summed E-state index contributed by atoms with van der Waals surface area (Å²) in [5.41, 5.74) is 3.45. The number of likely N-dealkylation sites (N-methyl/N-ethyl adjacent to an activating group) is 1. The molecular weight excluding hydrogens is 435 g/mol. The van der Waals surface area contributed by atoms with Crippen LogP contribution in [0.5, 0.6) is 0 Å². The van der Waals surface area contributed by atoms with Gasteiger partial charge in [0.15, 0.2) is 0 Å². The number of halogens is 1. The van der Waals surface area contributed by atoms with E-state index < -0.39 is 0 Å². The predicted molar refractivity (Wildman–Crippen MR) is 105 cm³/mol. The maximum atomic E-state index is 12.1. The van der Waals surface area contributed by atoms with Gasteiger partial charge in [0.1, 0.15) is 0 Å². The van der Waals surface area contributed by atoms with Gasteiger partial charge >= 0.3 is 0 Å². The van der Waals surface area contributed by atoms with Gasteiger partial charge in [-0.05, 0) is 48.9 Å². The molecule has 0 spiro atoms. The number of amides is 1. The first-order valence-corrected chi connectivity index (χ1v) is 9.15. The van der Waals surface area contributed by atoms with E-state index in [1.807, 2.05) is 12.1 Å². The molecule has 0 radical (unpaired) electrons. The van der Waals surface area contributed by atoms with Crippen molar-refractivity contribution >= 4 is 5.91 Å². The molecule has 142 valence electrons. The van der Waals surface area contributed by atoms with Crippen LogP contribution in [0.3, 0.4) is 0 Å². The average molecular weight is 466 g/mol. The van der Waals surface area contributed by atoms with E-state index in [1.54, 1.807) is 0 Å².